The van der Waals surface area contributed by atoms with Crippen LogP contribution in [0, 0.1) is 18.3 Å². The number of aliphatic hydroxyl groups is 1. The standard InChI is InChI=1S/C15H16N2O3/c1-10-6-11(17-7-12(8-18)20-14(17)19)2-3-13(10)15(9-16)4-5-15/h2-3,6,12,18H,4-5,7-8H2,1H3. The van der Waals surface area contributed by atoms with E-state index in [2.05, 4.69) is 6.07 Å². The minimum absolute atomic E-state index is 0.170. The molecule has 1 aliphatic heterocycles. The topological polar surface area (TPSA) is 73.6 Å². The first-order chi connectivity index (χ1) is 9.59. The van der Waals surface area contributed by atoms with Crippen molar-refractivity contribution in [3.05, 3.63) is 29.3 Å². The molecule has 5 heteroatoms. The Hall–Kier alpha value is -2.06. The Morgan fingerprint density at radius 3 is 2.80 bits per heavy atom. The number of hydrogen-bond donors (Lipinski definition) is 1. The molecule has 0 bridgehead atoms. The molecule has 1 saturated carbocycles. The van der Waals surface area contributed by atoms with E-state index in [0.29, 0.717) is 6.54 Å². The number of cyclic esters (lactones) is 1. The van der Waals surface area contributed by atoms with Gasteiger partial charge in [-0.1, -0.05) is 6.07 Å². The Bertz CT molecular complexity index is 602. The summed E-state index contributed by atoms with van der Waals surface area (Å²) in [5, 5.41) is 18.3. The van der Waals surface area contributed by atoms with E-state index in [1.807, 2.05) is 25.1 Å². The third kappa shape index (κ3) is 1.93. The zero-order valence-corrected chi connectivity index (χ0v) is 11.3. The lowest BCUT2D eigenvalue weighted by Gasteiger charge is -2.17. The van der Waals surface area contributed by atoms with Crippen molar-refractivity contribution >= 4 is 11.8 Å². The molecule has 2 aliphatic rings. The van der Waals surface area contributed by atoms with Gasteiger partial charge in [-0.15, -0.1) is 0 Å². The number of aryl methyl sites for hydroxylation is 1. The van der Waals surface area contributed by atoms with Crippen molar-refractivity contribution < 1.29 is 14.6 Å². The van der Waals surface area contributed by atoms with Crippen LogP contribution < -0.4 is 4.90 Å². The lowest BCUT2D eigenvalue weighted by molar-refractivity contribution is 0.0963. The highest BCUT2D eigenvalue weighted by molar-refractivity contribution is 5.90. The van der Waals surface area contributed by atoms with Crippen molar-refractivity contribution in [1.29, 1.82) is 5.26 Å². The van der Waals surface area contributed by atoms with Crippen LogP contribution in [-0.2, 0) is 10.2 Å². The summed E-state index contributed by atoms with van der Waals surface area (Å²) in [5.41, 5.74) is 2.50. The summed E-state index contributed by atoms with van der Waals surface area (Å²) in [5.74, 6) is 0. The van der Waals surface area contributed by atoms with E-state index in [9.17, 15) is 10.1 Å². The first-order valence-electron chi connectivity index (χ1n) is 6.71. The highest BCUT2D eigenvalue weighted by Crippen LogP contribution is 2.49. The lowest BCUT2D eigenvalue weighted by Crippen LogP contribution is -2.25. The highest BCUT2D eigenvalue weighted by Gasteiger charge is 2.46. The molecule has 0 spiro atoms. The zero-order valence-electron chi connectivity index (χ0n) is 11.3. The third-order valence-electron chi connectivity index (χ3n) is 4.08. The molecular formula is C15H16N2O3. The lowest BCUT2D eigenvalue weighted by atomic mass is 9.93. The minimum Gasteiger partial charge on any atom is -0.441 e. The number of carbonyl (C=O) groups excluding carboxylic acids is 1. The second-order valence-electron chi connectivity index (χ2n) is 5.49. The van der Waals surface area contributed by atoms with Crippen molar-refractivity contribution in [2.45, 2.75) is 31.3 Å². The quantitative estimate of drug-likeness (QED) is 0.911. The number of anilines is 1. The summed E-state index contributed by atoms with van der Waals surface area (Å²) in [6.07, 6.45) is 0.915. The number of benzene rings is 1. The zero-order chi connectivity index (χ0) is 14.3. The van der Waals surface area contributed by atoms with E-state index in [0.717, 1.165) is 29.7 Å². The molecule has 20 heavy (non-hydrogen) atoms. The molecule has 0 radical (unpaired) electrons. The van der Waals surface area contributed by atoms with Gasteiger partial charge >= 0.3 is 6.09 Å². The summed E-state index contributed by atoms with van der Waals surface area (Å²) in [6.45, 7) is 2.15. The van der Waals surface area contributed by atoms with Crippen LogP contribution in [0.1, 0.15) is 24.0 Å². The summed E-state index contributed by atoms with van der Waals surface area (Å²) in [7, 11) is 0. The number of nitriles is 1. The maximum atomic E-state index is 11.7. The van der Waals surface area contributed by atoms with E-state index in [4.69, 9.17) is 9.84 Å². The van der Waals surface area contributed by atoms with E-state index in [1.54, 1.807) is 0 Å². The molecule has 104 valence electrons. The highest BCUT2D eigenvalue weighted by atomic mass is 16.6. The Morgan fingerprint density at radius 2 is 2.30 bits per heavy atom. The molecular weight excluding hydrogens is 256 g/mol. The predicted octanol–water partition coefficient (Wildman–Crippen LogP) is 1.87. The third-order valence-corrected chi connectivity index (χ3v) is 4.08. The molecule has 1 aromatic rings. The van der Waals surface area contributed by atoms with Gasteiger partial charge in [0.05, 0.1) is 24.6 Å². The van der Waals surface area contributed by atoms with Gasteiger partial charge in [-0.05, 0) is 43.0 Å². The summed E-state index contributed by atoms with van der Waals surface area (Å²) < 4.78 is 5.03. The van der Waals surface area contributed by atoms with Crippen LogP contribution >= 0.6 is 0 Å². The number of aliphatic hydroxyl groups excluding tert-OH is 1. The molecule has 1 heterocycles. The van der Waals surface area contributed by atoms with Gasteiger partial charge in [-0.25, -0.2) is 4.79 Å². The van der Waals surface area contributed by atoms with Crippen LogP contribution in [-0.4, -0.2) is 30.5 Å². The summed E-state index contributed by atoms with van der Waals surface area (Å²) in [4.78, 5) is 13.3. The van der Waals surface area contributed by atoms with Crippen LogP contribution in [0.4, 0.5) is 10.5 Å². The Morgan fingerprint density at radius 1 is 1.55 bits per heavy atom. The van der Waals surface area contributed by atoms with E-state index >= 15 is 0 Å². The monoisotopic (exact) mass is 272 g/mol. The Balaban J connectivity index is 1.88. The normalized spacial score (nSPS) is 23.4. The molecule has 1 N–H and O–H groups in total. The largest absolute Gasteiger partial charge is 0.441 e. The minimum atomic E-state index is -0.462. The molecule has 1 aromatic carbocycles. The van der Waals surface area contributed by atoms with Gasteiger partial charge in [0.25, 0.3) is 0 Å². The fourth-order valence-electron chi connectivity index (χ4n) is 2.75. The molecule has 1 unspecified atom stereocenters. The van der Waals surface area contributed by atoms with Crippen LogP contribution in [0.15, 0.2) is 18.2 Å². The maximum Gasteiger partial charge on any atom is 0.414 e. The SMILES string of the molecule is Cc1cc(N2CC(CO)OC2=O)ccc1C1(C#N)CC1. The van der Waals surface area contributed by atoms with Crippen molar-refractivity contribution in [3.8, 4) is 6.07 Å². The van der Waals surface area contributed by atoms with Gasteiger partial charge < -0.3 is 9.84 Å². The number of rotatable bonds is 3. The van der Waals surface area contributed by atoms with Gasteiger partial charge in [-0.2, -0.15) is 5.26 Å². The average molecular weight is 272 g/mol. The molecule has 2 fully saturated rings. The number of ether oxygens (including phenoxy) is 1. The van der Waals surface area contributed by atoms with Gasteiger partial charge in [0.15, 0.2) is 0 Å². The first-order valence-corrected chi connectivity index (χ1v) is 6.71. The number of carbonyl (C=O) groups is 1. The van der Waals surface area contributed by atoms with Crippen molar-refractivity contribution in [2.75, 3.05) is 18.1 Å². The fraction of sp³-hybridized carbons (Fsp3) is 0.467. The van der Waals surface area contributed by atoms with Gasteiger partial charge in [0, 0.05) is 5.69 Å². The fourth-order valence-corrected chi connectivity index (χ4v) is 2.75. The predicted molar refractivity (Wildman–Crippen MR) is 72.4 cm³/mol. The molecule has 5 nitrogen and oxygen atoms in total. The van der Waals surface area contributed by atoms with Crippen LogP contribution in [0.5, 0.6) is 0 Å². The number of nitrogens with zero attached hydrogens (tertiary/aromatic N) is 2. The first kappa shape index (κ1) is 12.9. The smallest absolute Gasteiger partial charge is 0.414 e. The van der Waals surface area contributed by atoms with Crippen molar-refractivity contribution in [3.63, 3.8) is 0 Å². The van der Waals surface area contributed by atoms with Crippen LogP contribution in [0.2, 0.25) is 0 Å². The Kier molecular flexibility index (Phi) is 2.91. The van der Waals surface area contributed by atoms with Crippen molar-refractivity contribution in [1.82, 2.24) is 0 Å². The number of hydrogen-bond acceptors (Lipinski definition) is 4. The average Bonchev–Trinajstić information content (AvgIpc) is 3.15. The number of amides is 1. The molecule has 3 rings (SSSR count). The molecule has 1 saturated heterocycles. The summed E-state index contributed by atoms with van der Waals surface area (Å²) >= 11 is 0. The molecule has 1 atom stereocenters. The van der Waals surface area contributed by atoms with Crippen LogP contribution in [0.25, 0.3) is 0 Å². The van der Waals surface area contributed by atoms with E-state index in [-0.39, 0.29) is 12.0 Å². The van der Waals surface area contributed by atoms with Gasteiger partial charge in [0.2, 0.25) is 0 Å². The molecule has 0 aromatic heterocycles. The maximum absolute atomic E-state index is 11.7. The van der Waals surface area contributed by atoms with Gasteiger partial charge in [-0.3, -0.25) is 4.90 Å². The molecule has 1 amide bonds. The van der Waals surface area contributed by atoms with E-state index in [1.165, 1.54) is 4.90 Å². The second kappa shape index (κ2) is 4.50. The molecule has 1 aliphatic carbocycles. The van der Waals surface area contributed by atoms with E-state index < -0.39 is 12.2 Å². The van der Waals surface area contributed by atoms with Gasteiger partial charge in [0.1, 0.15) is 6.10 Å². The summed E-state index contributed by atoms with van der Waals surface area (Å²) in [6, 6.07) is 8.07. The second-order valence-corrected chi connectivity index (χ2v) is 5.49. The van der Waals surface area contributed by atoms with Crippen molar-refractivity contribution in [2.24, 2.45) is 0 Å². The van der Waals surface area contributed by atoms with Crippen LogP contribution in [0.3, 0.4) is 0 Å². The Labute approximate surface area is 117 Å².